The van der Waals surface area contributed by atoms with E-state index in [4.69, 9.17) is 0 Å². The molecule has 2 unspecified atom stereocenters. The van der Waals surface area contributed by atoms with E-state index in [1.165, 1.54) is 6.07 Å². The molecule has 0 spiro atoms. The van der Waals surface area contributed by atoms with Crippen LogP contribution >= 0.6 is 0 Å². The fraction of sp³-hybridized carbons (Fsp3) is 0.316. The van der Waals surface area contributed by atoms with Crippen molar-refractivity contribution in [3.05, 3.63) is 65.9 Å². The number of halogens is 1. The van der Waals surface area contributed by atoms with Gasteiger partial charge in [-0.1, -0.05) is 31.2 Å². The summed E-state index contributed by atoms with van der Waals surface area (Å²) in [6.07, 6.45) is 10.3. The van der Waals surface area contributed by atoms with Crippen LogP contribution in [0.5, 0.6) is 0 Å². The Morgan fingerprint density at radius 1 is 1.17 bits per heavy atom. The van der Waals surface area contributed by atoms with Crippen molar-refractivity contribution in [1.29, 1.82) is 0 Å². The first kappa shape index (κ1) is 14.2. The predicted octanol–water partition coefficient (Wildman–Crippen LogP) is 3.96. The van der Waals surface area contributed by atoms with Gasteiger partial charge in [-0.05, 0) is 31.1 Å². The molecule has 0 saturated heterocycles. The van der Waals surface area contributed by atoms with Gasteiger partial charge in [-0.25, -0.2) is 4.39 Å². The number of Topliss-reactive ketones (excluding diaryl/α,β-unsaturated/α-hetero) is 1. The highest BCUT2D eigenvalue weighted by atomic mass is 19.1. The summed E-state index contributed by atoms with van der Waals surface area (Å²) >= 11 is 0. The molecule has 23 heavy (non-hydrogen) atoms. The number of anilines is 1. The molecule has 0 bridgehead atoms. The molecule has 4 heteroatoms. The zero-order valence-electron chi connectivity index (χ0n) is 13.1. The average molecular weight is 310 g/mol. The second-order valence-corrected chi connectivity index (χ2v) is 6.30. The van der Waals surface area contributed by atoms with E-state index in [0.717, 1.165) is 18.5 Å². The quantitative estimate of drug-likeness (QED) is 0.784. The van der Waals surface area contributed by atoms with Gasteiger partial charge in [0, 0.05) is 24.2 Å². The largest absolute Gasteiger partial charge is 0.328 e. The molecule has 0 aromatic heterocycles. The van der Waals surface area contributed by atoms with Crippen LogP contribution in [0.3, 0.4) is 0 Å². The third-order valence-corrected chi connectivity index (χ3v) is 4.81. The fourth-order valence-electron chi connectivity index (χ4n) is 3.81. The van der Waals surface area contributed by atoms with Crippen molar-refractivity contribution in [3.63, 3.8) is 0 Å². The lowest BCUT2D eigenvalue weighted by atomic mass is 9.99. The molecule has 2 aliphatic heterocycles. The number of para-hydroxylation sites is 1. The molecule has 4 rings (SSSR count). The Kier molecular flexibility index (Phi) is 3.33. The number of fused-ring (bicyclic) bond motifs is 2. The molecular formula is C19H19FN2O. The van der Waals surface area contributed by atoms with Gasteiger partial charge in [0.25, 0.3) is 0 Å². The lowest BCUT2D eigenvalue weighted by Crippen LogP contribution is -2.43. The smallest absolute Gasteiger partial charge is 0.181 e. The van der Waals surface area contributed by atoms with E-state index in [2.05, 4.69) is 17.9 Å². The highest BCUT2D eigenvalue weighted by molar-refractivity contribution is 6.01. The summed E-state index contributed by atoms with van der Waals surface area (Å²) in [4.78, 5) is 16.7. The number of hydrogen-bond donors (Lipinski definition) is 0. The van der Waals surface area contributed by atoms with E-state index in [-0.39, 0.29) is 23.7 Å². The summed E-state index contributed by atoms with van der Waals surface area (Å²) in [6.45, 7) is 2.11. The second kappa shape index (κ2) is 5.37. The van der Waals surface area contributed by atoms with Crippen LogP contribution in [0.25, 0.3) is 0 Å². The van der Waals surface area contributed by atoms with Gasteiger partial charge in [0.1, 0.15) is 17.7 Å². The fourth-order valence-corrected chi connectivity index (χ4v) is 3.81. The Morgan fingerprint density at radius 3 is 2.83 bits per heavy atom. The molecular weight excluding hydrogens is 291 g/mol. The van der Waals surface area contributed by atoms with Gasteiger partial charge in [-0.2, -0.15) is 0 Å². The Hall–Kier alpha value is -2.36. The summed E-state index contributed by atoms with van der Waals surface area (Å²) in [7, 11) is 0. The lowest BCUT2D eigenvalue weighted by Gasteiger charge is -2.35. The van der Waals surface area contributed by atoms with E-state index >= 15 is 0 Å². The summed E-state index contributed by atoms with van der Waals surface area (Å²) in [5.74, 6) is -0.000795. The minimum atomic E-state index is -0.288. The topological polar surface area (TPSA) is 23.6 Å². The van der Waals surface area contributed by atoms with Gasteiger partial charge in [-0.15, -0.1) is 0 Å². The van der Waals surface area contributed by atoms with Crippen LogP contribution in [-0.4, -0.2) is 16.8 Å². The maximum atomic E-state index is 14.5. The number of ketones is 1. The molecule has 0 radical (unpaired) electrons. The average Bonchev–Trinajstić information content (AvgIpc) is 2.75. The second-order valence-electron chi connectivity index (χ2n) is 6.30. The predicted molar refractivity (Wildman–Crippen MR) is 87.8 cm³/mol. The molecule has 0 N–H and O–H groups in total. The Balaban J connectivity index is 1.92. The molecule has 2 atom stereocenters. The van der Waals surface area contributed by atoms with Crippen molar-refractivity contribution in [3.8, 4) is 0 Å². The van der Waals surface area contributed by atoms with Gasteiger partial charge in [0.15, 0.2) is 5.78 Å². The minimum Gasteiger partial charge on any atom is -0.328 e. The van der Waals surface area contributed by atoms with Crippen LogP contribution < -0.4 is 4.90 Å². The highest BCUT2D eigenvalue weighted by Crippen LogP contribution is 2.44. The summed E-state index contributed by atoms with van der Waals surface area (Å²) in [5, 5.41) is 0. The maximum Gasteiger partial charge on any atom is 0.181 e. The standard InChI is InChI=1S/C19H19FN2O/c1-13-7-4-5-12-21-16-10-6-11-17(23)18(16)22(19(13)21)15-9-3-2-8-14(15)20/h2-5,7-9,12-13,19H,6,10-11H2,1H3. The third kappa shape index (κ3) is 2.12. The van der Waals surface area contributed by atoms with Gasteiger partial charge < -0.3 is 9.80 Å². The zero-order valence-corrected chi connectivity index (χ0v) is 13.1. The van der Waals surface area contributed by atoms with Crippen LogP contribution in [0, 0.1) is 11.7 Å². The van der Waals surface area contributed by atoms with Crippen molar-refractivity contribution < 1.29 is 9.18 Å². The van der Waals surface area contributed by atoms with Gasteiger partial charge in [0.2, 0.25) is 0 Å². The van der Waals surface area contributed by atoms with Crippen molar-refractivity contribution in [2.24, 2.45) is 5.92 Å². The molecule has 3 aliphatic rings. The summed E-state index contributed by atoms with van der Waals surface area (Å²) in [5.41, 5.74) is 2.19. The molecule has 2 heterocycles. The van der Waals surface area contributed by atoms with Crippen molar-refractivity contribution in [2.45, 2.75) is 32.4 Å². The molecule has 0 fully saturated rings. The zero-order chi connectivity index (χ0) is 16.0. The minimum absolute atomic E-state index is 0.0889. The lowest BCUT2D eigenvalue weighted by molar-refractivity contribution is -0.116. The number of nitrogens with zero attached hydrogens (tertiary/aromatic N) is 2. The van der Waals surface area contributed by atoms with Crippen molar-refractivity contribution in [2.75, 3.05) is 4.90 Å². The molecule has 1 aliphatic carbocycles. The van der Waals surface area contributed by atoms with Gasteiger partial charge in [0.05, 0.1) is 5.69 Å². The normalized spacial score (nSPS) is 26.4. The van der Waals surface area contributed by atoms with Crippen LogP contribution in [0.2, 0.25) is 0 Å². The first-order valence-corrected chi connectivity index (χ1v) is 8.12. The molecule has 1 aromatic carbocycles. The Bertz CT molecular complexity index is 749. The number of hydrogen-bond acceptors (Lipinski definition) is 3. The maximum absolute atomic E-state index is 14.5. The van der Waals surface area contributed by atoms with E-state index in [0.29, 0.717) is 17.8 Å². The van der Waals surface area contributed by atoms with E-state index < -0.39 is 0 Å². The van der Waals surface area contributed by atoms with E-state index in [1.54, 1.807) is 12.1 Å². The van der Waals surface area contributed by atoms with Crippen LogP contribution in [0.15, 0.2) is 60.1 Å². The Labute approximate surface area is 135 Å². The Morgan fingerprint density at radius 2 is 2.00 bits per heavy atom. The molecule has 0 saturated carbocycles. The van der Waals surface area contributed by atoms with E-state index in [9.17, 15) is 9.18 Å². The van der Waals surface area contributed by atoms with Crippen molar-refractivity contribution in [1.82, 2.24) is 4.90 Å². The van der Waals surface area contributed by atoms with Crippen LogP contribution in [-0.2, 0) is 4.79 Å². The summed E-state index contributed by atoms with van der Waals surface area (Å²) < 4.78 is 14.5. The first-order chi connectivity index (χ1) is 11.2. The highest BCUT2D eigenvalue weighted by Gasteiger charge is 2.44. The van der Waals surface area contributed by atoms with Crippen molar-refractivity contribution >= 4 is 11.5 Å². The molecule has 118 valence electrons. The number of carbonyl (C=O) groups excluding carboxylic acids is 1. The number of carbonyl (C=O) groups is 1. The number of allylic oxidation sites excluding steroid dienone is 4. The number of benzene rings is 1. The van der Waals surface area contributed by atoms with Crippen LogP contribution in [0.1, 0.15) is 26.2 Å². The molecule has 3 nitrogen and oxygen atoms in total. The summed E-state index contributed by atoms with van der Waals surface area (Å²) in [6, 6.07) is 6.72. The van der Waals surface area contributed by atoms with Gasteiger partial charge >= 0.3 is 0 Å². The third-order valence-electron chi connectivity index (χ3n) is 4.81. The van der Waals surface area contributed by atoms with Crippen LogP contribution in [0.4, 0.5) is 10.1 Å². The first-order valence-electron chi connectivity index (χ1n) is 8.12. The number of rotatable bonds is 1. The SMILES string of the molecule is CC1C=CC=CN2C3=C(C(=O)CCC3)N(c3ccccc3F)C12. The molecule has 0 amide bonds. The van der Waals surface area contributed by atoms with Gasteiger partial charge in [-0.3, -0.25) is 4.79 Å². The molecule has 1 aromatic rings. The van der Waals surface area contributed by atoms with E-state index in [1.807, 2.05) is 29.3 Å². The monoisotopic (exact) mass is 310 g/mol.